The van der Waals surface area contributed by atoms with Crippen LogP contribution in [0.5, 0.6) is 0 Å². The zero-order valence-electron chi connectivity index (χ0n) is 10.2. The van der Waals surface area contributed by atoms with Crippen molar-refractivity contribution in [2.75, 3.05) is 25.0 Å². The Kier molecular flexibility index (Phi) is 3.78. The van der Waals surface area contributed by atoms with E-state index in [-0.39, 0.29) is 0 Å². The summed E-state index contributed by atoms with van der Waals surface area (Å²) in [5, 5.41) is 3.30. The summed E-state index contributed by atoms with van der Waals surface area (Å²) in [7, 11) is 2.03. The third-order valence-corrected chi connectivity index (χ3v) is 3.37. The average Bonchev–Trinajstić information content (AvgIpc) is 2.31. The molecule has 1 aliphatic heterocycles. The van der Waals surface area contributed by atoms with Crippen LogP contribution in [-0.4, -0.2) is 31.2 Å². The lowest BCUT2D eigenvalue weighted by molar-refractivity contribution is 0.446. The van der Waals surface area contributed by atoms with Crippen molar-refractivity contribution in [2.24, 2.45) is 0 Å². The summed E-state index contributed by atoms with van der Waals surface area (Å²) in [6, 6.07) is 2.78. The first-order valence-electron chi connectivity index (χ1n) is 6.15. The number of nitrogens with zero attached hydrogens (tertiary/aromatic N) is 2. The molecule has 1 saturated heterocycles. The van der Waals surface area contributed by atoms with Crippen molar-refractivity contribution >= 4 is 5.69 Å². The van der Waals surface area contributed by atoms with Gasteiger partial charge in [0.05, 0.1) is 0 Å². The number of hydrogen-bond acceptors (Lipinski definition) is 3. The number of piperidine rings is 1. The largest absolute Gasteiger partial charge is 0.367 e. The maximum absolute atomic E-state index is 4.17. The van der Waals surface area contributed by atoms with Crippen molar-refractivity contribution in [3.8, 4) is 0 Å². The van der Waals surface area contributed by atoms with Gasteiger partial charge in [0.2, 0.25) is 0 Å². The van der Waals surface area contributed by atoms with E-state index in [0.29, 0.717) is 6.04 Å². The van der Waals surface area contributed by atoms with Crippen LogP contribution in [0.1, 0.15) is 24.8 Å². The summed E-state index contributed by atoms with van der Waals surface area (Å²) in [5.74, 6) is 0. The molecular weight excluding hydrogens is 198 g/mol. The molecule has 1 fully saturated rings. The van der Waals surface area contributed by atoms with Crippen LogP contribution in [-0.2, 0) is 0 Å². The summed E-state index contributed by atoms with van der Waals surface area (Å²) in [5.41, 5.74) is 2.64. The van der Waals surface area contributed by atoms with Crippen LogP contribution in [0.15, 0.2) is 18.5 Å². The predicted molar refractivity (Wildman–Crippen MR) is 67.9 cm³/mol. The molecule has 0 radical (unpaired) electrons. The fourth-order valence-corrected chi connectivity index (χ4v) is 2.55. The molecule has 1 aliphatic rings. The summed E-state index contributed by atoms with van der Waals surface area (Å²) in [4.78, 5) is 6.71. The molecule has 0 aliphatic carbocycles. The van der Waals surface area contributed by atoms with Gasteiger partial charge < -0.3 is 10.2 Å². The van der Waals surface area contributed by atoms with Gasteiger partial charge in [-0.2, -0.15) is 0 Å². The molecule has 0 amide bonds. The molecule has 0 spiro atoms. The van der Waals surface area contributed by atoms with Crippen molar-refractivity contribution < 1.29 is 0 Å². The lowest BCUT2D eigenvalue weighted by Gasteiger charge is -2.38. The van der Waals surface area contributed by atoms with Gasteiger partial charge in [-0.3, -0.25) is 4.98 Å². The van der Waals surface area contributed by atoms with E-state index >= 15 is 0 Å². The van der Waals surface area contributed by atoms with E-state index in [2.05, 4.69) is 28.2 Å². The van der Waals surface area contributed by atoms with Gasteiger partial charge in [0.1, 0.15) is 0 Å². The first kappa shape index (κ1) is 11.4. The third-order valence-electron chi connectivity index (χ3n) is 3.37. The van der Waals surface area contributed by atoms with Crippen LogP contribution in [0.3, 0.4) is 0 Å². The summed E-state index contributed by atoms with van der Waals surface area (Å²) in [6.07, 6.45) is 7.81. The van der Waals surface area contributed by atoms with Crippen molar-refractivity contribution in [3.63, 3.8) is 0 Å². The van der Waals surface area contributed by atoms with Crippen LogP contribution in [0.25, 0.3) is 0 Å². The van der Waals surface area contributed by atoms with Gasteiger partial charge in [-0.25, -0.2) is 0 Å². The number of hydrogen-bond donors (Lipinski definition) is 1. The molecule has 1 atom stereocenters. The van der Waals surface area contributed by atoms with E-state index in [1.54, 1.807) is 0 Å². The maximum Gasteiger partial charge on any atom is 0.0429 e. The molecule has 1 N–H and O–H groups in total. The van der Waals surface area contributed by atoms with E-state index < -0.39 is 0 Å². The molecule has 88 valence electrons. The zero-order valence-corrected chi connectivity index (χ0v) is 10.2. The van der Waals surface area contributed by atoms with Gasteiger partial charge in [0.15, 0.2) is 0 Å². The maximum atomic E-state index is 4.17. The van der Waals surface area contributed by atoms with Crippen molar-refractivity contribution in [3.05, 3.63) is 24.0 Å². The predicted octanol–water partition coefficient (Wildman–Crippen LogP) is 1.97. The van der Waals surface area contributed by atoms with Crippen LogP contribution in [0.4, 0.5) is 5.69 Å². The number of pyridine rings is 1. The quantitative estimate of drug-likeness (QED) is 0.842. The Labute approximate surface area is 97.9 Å². The minimum atomic E-state index is 0.639. The molecular formula is C13H21N3. The first-order valence-corrected chi connectivity index (χ1v) is 6.15. The van der Waals surface area contributed by atoms with Crippen molar-refractivity contribution in [1.82, 2.24) is 10.3 Å². The lowest BCUT2D eigenvalue weighted by Crippen LogP contribution is -2.45. The number of aromatic nitrogens is 1. The van der Waals surface area contributed by atoms with E-state index in [0.717, 1.165) is 6.54 Å². The second-order valence-corrected chi connectivity index (χ2v) is 4.56. The number of rotatable bonds is 3. The normalized spacial score (nSPS) is 21.1. The minimum absolute atomic E-state index is 0.639. The number of aryl methyl sites for hydroxylation is 1. The third kappa shape index (κ3) is 2.35. The number of likely N-dealkylation sites (N-methyl/N-ethyl adjacent to an activating group) is 1. The first-order chi connectivity index (χ1) is 7.83. The zero-order chi connectivity index (χ0) is 11.4. The Hall–Kier alpha value is -1.09. The molecule has 1 aromatic rings. The second-order valence-electron chi connectivity index (χ2n) is 4.56. The van der Waals surface area contributed by atoms with Crippen molar-refractivity contribution in [2.45, 2.75) is 32.2 Å². The highest BCUT2D eigenvalue weighted by atomic mass is 15.2. The highest BCUT2D eigenvalue weighted by molar-refractivity contribution is 5.52. The summed E-state index contributed by atoms with van der Waals surface area (Å²) in [6.45, 7) is 4.40. The van der Waals surface area contributed by atoms with E-state index in [1.807, 2.05) is 19.4 Å². The fraction of sp³-hybridized carbons (Fsp3) is 0.615. The Bertz CT molecular complexity index is 336. The Balaban J connectivity index is 2.19. The Morgan fingerprint density at radius 3 is 3.12 bits per heavy atom. The molecule has 3 heteroatoms. The smallest absolute Gasteiger partial charge is 0.0429 e. The van der Waals surface area contributed by atoms with Gasteiger partial charge in [0.25, 0.3) is 0 Å². The van der Waals surface area contributed by atoms with E-state index in [4.69, 9.17) is 0 Å². The second kappa shape index (κ2) is 5.30. The monoisotopic (exact) mass is 219 g/mol. The fourth-order valence-electron chi connectivity index (χ4n) is 2.55. The molecule has 1 unspecified atom stereocenters. The van der Waals surface area contributed by atoms with Crippen LogP contribution < -0.4 is 10.2 Å². The molecule has 3 nitrogen and oxygen atoms in total. The molecule has 2 rings (SSSR count). The highest BCUT2D eigenvalue weighted by Crippen LogP contribution is 2.26. The van der Waals surface area contributed by atoms with Crippen LogP contribution in [0.2, 0.25) is 0 Å². The lowest BCUT2D eigenvalue weighted by atomic mass is 10.0. The average molecular weight is 219 g/mol. The van der Waals surface area contributed by atoms with Crippen LogP contribution in [0, 0.1) is 6.92 Å². The van der Waals surface area contributed by atoms with E-state index in [1.165, 1.54) is 37.1 Å². The molecule has 16 heavy (non-hydrogen) atoms. The van der Waals surface area contributed by atoms with Gasteiger partial charge in [-0.1, -0.05) is 0 Å². The van der Waals surface area contributed by atoms with Gasteiger partial charge in [-0.05, 0) is 44.9 Å². The van der Waals surface area contributed by atoms with E-state index in [9.17, 15) is 0 Å². The van der Waals surface area contributed by atoms with Gasteiger partial charge in [0, 0.05) is 37.2 Å². The standard InChI is InChI=1S/C13H21N3/c1-11-9-15-7-6-13(11)16-8-4-3-5-12(16)10-14-2/h6-7,9,12,14H,3-5,8,10H2,1-2H3. The molecule has 0 saturated carbocycles. The summed E-state index contributed by atoms with van der Waals surface area (Å²) >= 11 is 0. The molecule has 0 bridgehead atoms. The molecule has 1 aromatic heterocycles. The highest BCUT2D eigenvalue weighted by Gasteiger charge is 2.22. The molecule has 2 heterocycles. The Morgan fingerprint density at radius 1 is 1.50 bits per heavy atom. The minimum Gasteiger partial charge on any atom is -0.367 e. The number of nitrogens with one attached hydrogen (secondary N) is 1. The van der Waals surface area contributed by atoms with Gasteiger partial charge >= 0.3 is 0 Å². The van der Waals surface area contributed by atoms with Gasteiger partial charge in [-0.15, -0.1) is 0 Å². The Morgan fingerprint density at radius 2 is 2.38 bits per heavy atom. The summed E-state index contributed by atoms with van der Waals surface area (Å²) < 4.78 is 0. The number of anilines is 1. The topological polar surface area (TPSA) is 28.2 Å². The van der Waals surface area contributed by atoms with Crippen LogP contribution >= 0.6 is 0 Å². The SMILES string of the molecule is CNCC1CCCCN1c1ccncc1C. The van der Waals surface area contributed by atoms with Crippen molar-refractivity contribution in [1.29, 1.82) is 0 Å². The molecule has 0 aromatic carbocycles.